The third-order valence-electron chi connectivity index (χ3n) is 5.05. The van der Waals surface area contributed by atoms with Crippen LogP contribution in [0.25, 0.3) is 0 Å². The Labute approximate surface area is 169 Å². The van der Waals surface area contributed by atoms with Gasteiger partial charge in [-0.1, -0.05) is 17.3 Å². The minimum Gasteiger partial charge on any atom is -0.388 e. The van der Waals surface area contributed by atoms with Gasteiger partial charge in [0, 0.05) is 18.5 Å². The van der Waals surface area contributed by atoms with Crippen LogP contribution in [0.3, 0.4) is 0 Å². The van der Waals surface area contributed by atoms with Crippen LogP contribution in [0, 0.1) is 0 Å². The smallest absolute Gasteiger partial charge is 0.258 e. The molecule has 0 spiro atoms. The van der Waals surface area contributed by atoms with Gasteiger partial charge in [-0.25, -0.2) is 5.84 Å². The highest BCUT2D eigenvalue weighted by Gasteiger charge is 2.35. The standard InChI is InChI=1S/C19H27N7O3/c1-12-8-9-13(16-23-18(29-24-16)19(2,3)28)10-25(12)17(27)14-6-4-5-7-15(14)26(21)22-11-20/h4-7,11-13,28H,8-10,21H2,1-3H3,(H2,20,22)/t12-,13?/m1/s1. The number of hydrazone groups is 1. The Morgan fingerprint density at radius 1 is 1.41 bits per heavy atom. The molecule has 29 heavy (non-hydrogen) atoms. The number of carbonyl (C=O) groups is 1. The van der Waals surface area contributed by atoms with Crippen LogP contribution in [0.15, 0.2) is 33.9 Å². The molecule has 0 bridgehead atoms. The molecule has 0 aliphatic carbocycles. The molecule has 1 aromatic heterocycles. The molecule has 10 nitrogen and oxygen atoms in total. The lowest BCUT2D eigenvalue weighted by Gasteiger charge is -2.37. The Morgan fingerprint density at radius 3 is 2.79 bits per heavy atom. The fourth-order valence-corrected chi connectivity index (χ4v) is 3.39. The SMILES string of the molecule is C[C@@H]1CCC(c2noc(C(C)(C)O)n2)CN1C(=O)c1ccccc1N(N)/N=C\N. The predicted molar refractivity (Wildman–Crippen MR) is 108 cm³/mol. The summed E-state index contributed by atoms with van der Waals surface area (Å²) in [6.07, 6.45) is 2.67. The molecule has 1 aliphatic heterocycles. The van der Waals surface area contributed by atoms with Gasteiger partial charge in [0.25, 0.3) is 11.8 Å². The van der Waals surface area contributed by atoms with E-state index in [1.54, 1.807) is 43.0 Å². The highest BCUT2D eigenvalue weighted by Crippen LogP contribution is 2.32. The summed E-state index contributed by atoms with van der Waals surface area (Å²) in [5.41, 5.74) is 5.00. The first-order valence-electron chi connectivity index (χ1n) is 9.47. The number of aromatic nitrogens is 2. The average Bonchev–Trinajstić information content (AvgIpc) is 3.19. The zero-order valence-electron chi connectivity index (χ0n) is 16.8. The van der Waals surface area contributed by atoms with Crippen LogP contribution in [0.5, 0.6) is 0 Å². The Bertz CT molecular complexity index is 890. The predicted octanol–water partition coefficient (Wildman–Crippen LogP) is 1.29. The van der Waals surface area contributed by atoms with E-state index in [9.17, 15) is 9.90 Å². The summed E-state index contributed by atoms with van der Waals surface area (Å²) in [6, 6.07) is 7.01. The summed E-state index contributed by atoms with van der Waals surface area (Å²) in [5.74, 6) is 6.31. The van der Waals surface area contributed by atoms with Crippen LogP contribution < -0.4 is 16.7 Å². The molecule has 156 valence electrons. The lowest BCUT2D eigenvalue weighted by atomic mass is 9.92. The lowest BCUT2D eigenvalue weighted by molar-refractivity contribution is 0.0420. The van der Waals surface area contributed by atoms with Gasteiger partial charge in [0.05, 0.1) is 11.3 Å². The van der Waals surface area contributed by atoms with Gasteiger partial charge < -0.3 is 20.3 Å². The molecule has 10 heteroatoms. The number of anilines is 1. The van der Waals surface area contributed by atoms with Gasteiger partial charge in [-0.15, -0.1) is 5.10 Å². The van der Waals surface area contributed by atoms with Crippen molar-refractivity contribution in [2.24, 2.45) is 16.7 Å². The van der Waals surface area contributed by atoms with Crippen molar-refractivity contribution < 1.29 is 14.4 Å². The van der Waals surface area contributed by atoms with E-state index < -0.39 is 5.60 Å². The number of likely N-dealkylation sites (tertiary alicyclic amines) is 1. The molecule has 3 rings (SSSR count). The summed E-state index contributed by atoms with van der Waals surface area (Å²) in [5, 5.41) is 19.0. The summed E-state index contributed by atoms with van der Waals surface area (Å²) in [4.78, 5) is 19.5. The van der Waals surface area contributed by atoms with Crippen LogP contribution in [-0.4, -0.2) is 45.0 Å². The zero-order valence-corrected chi connectivity index (χ0v) is 16.8. The number of aliphatic hydroxyl groups is 1. The Morgan fingerprint density at radius 2 is 2.14 bits per heavy atom. The van der Waals surface area contributed by atoms with E-state index in [4.69, 9.17) is 16.1 Å². The second kappa shape index (κ2) is 8.18. The number of para-hydroxylation sites is 1. The molecule has 1 fully saturated rings. The molecule has 2 atom stereocenters. The minimum absolute atomic E-state index is 0.0386. The molecule has 1 unspecified atom stereocenters. The third-order valence-corrected chi connectivity index (χ3v) is 5.05. The quantitative estimate of drug-likeness (QED) is 0.294. The average molecular weight is 401 g/mol. The van der Waals surface area contributed by atoms with Gasteiger partial charge >= 0.3 is 0 Å². The molecule has 2 heterocycles. The Hall–Kier alpha value is -2.98. The first kappa shape index (κ1) is 20.7. The number of carbonyl (C=O) groups excluding carboxylic acids is 1. The summed E-state index contributed by atoms with van der Waals surface area (Å²) < 4.78 is 5.20. The molecular weight excluding hydrogens is 374 g/mol. The zero-order chi connectivity index (χ0) is 21.2. The molecular formula is C19H27N7O3. The summed E-state index contributed by atoms with van der Waals surface area (Å²) in [6.45, 7) is 5.61. The van der Waals surface area contributed by atoms with Crippen LogP contribution >= 0.6 is 0 Å². The number of amides is 1. The number of hydrogen-bond acceptors (Lipinski definition) is 8. The fourth-order valence-electron chi connectivity index (χ4n) is 3.39. The van der Waals surface area contributed by atoms with Gasteiger partial charge in [0.15, 0.2) is 5.82 Å². The molecule has 0 radical (unpaired) electrons. The molecule has 5 N–H and O–H groups in total. The number of piperidine rings is 1. The fraction of sp³-hybridized carbons (Fsp3) is 0.474. The number of nitrogens with two attached hydrogens (primary N) is 2. The van der Waals surface area contributed by atoms with Crippen molar-refractivity contribution in [1.82, 2.24) is 15.0 Å². The van der Waals surface area contributed by atoms with Crippen molar-refractivity contribution >= 4 is 17.9 Å². The van der Waals surface area contributed by atoms with Crippen LogP contribution in [0.4, 0.5) is 5.69 Å². The van der Waals surface area contributed by atoms with Gasteiger partial charge in [-0.3, -0.25) is 4.79 Å². The number of nitrogens with zero attached hydrogens (tertiary/aromatic N) is 5. The summed E-state index contributed by atoms with van der Waals surface area (Å²) >= 11 is 0. The normalized spacial score (nSPS) is 20.2. The Kier molecular flexibility index (Phi) is 5.85. The number of hydrogen-bond donors (Lipinski definition) is 3. The molecule has 1 amide bonds. The van der Waals surface area contributed by atoms with Crippen LogP contribution in [0.2, 0.25) is 0 Å². The second-order valence-corrected chi connectivity index (χ2v) is 7.72. The van der Waals surface area contributed by atoms with E-state index in [1.165, 1.54) is 0 Å². The molecule has 1 aliphatic rings. The van der Waals surface area contributed by atoms with Crippen molar-refractivity contribution in [3.8, 4) is 0 Å². The van der Waals surface area contributed by atoms with Crippen molar-refractivity contribution in [2.75, 3.05) is 11.7 Å². The van der Waals surface area contributed by atoms with Crippen LogP contribution in [0.1, 0.15) is 61.6 Å². The van der Waals surface area contributed by atoms with Gasteiger partial charge in [0.2, 0.25) is 0 Å². The number of benzene rings is 1. The van der Waals surface area contributed by atoms with Crippen molar-refractivity contribution in [3.05, 3.63) is 41.5 Å². The maximum atomic E-state index is 13.3. The monoisotopic (exact) mass is 401 g/mol. The van der Waals surface area contributed by atoms with E-state index in [2.05, 4.69) is 15.2 Å². The maximum Gasteiger partial charge on any atom is 0.258 e. The van der Waals surface area contributed by atoms with Crippen molar-refractivity contribution in [1.29, 1.82) is 0 Å². The number of hydrazine groups is 1. The van der Waals surface area contributed by atoms with Crippen molar-refractivity contribution in [2.45, 2.75) is 51.2 Å². The van der Waals surface area contributed by atoms with E-state index in [1.807, 2.05) is 6.92 Å². The molecule has 1 aromatic carbocycles. The molecule has 0 saturated carbocycles. The lowest BCUT2D eigenvalue weighted by Crippen LogP contribution is -2.45. The summed E-state index contributed by atoms with van der Waals surface area (Å²) in [7, 11) is 0. The Balaban J connectivity index is 1.85. The van der Waals surface area contributed by atoms with E-state index >= 15 is 0 Å². The second-order valence-electron chi connectivity index (χ2n) is 7.72. The van der Waals surface area contributed by atoms with Crippen LogP contribution in [-0.2, 0) is 5.60 Å². The van der Waals surface area contributed by atoms with E-state index in [0.29, 0.717) is 23.6 Å². The molecule has 1 saturated heterocycles. The first-order chi connectivity index (χ1) is 13.7. The van der Waals surface area contributed by atoms with E-state index in [-0.39, 0.29) is 23.8 Å². The first-order valence-corrected chi connectivity index (χ1v) is 9.47. The minimum atomic E-state index is -1.21. The van der Waals surface area contributed by atoms with Crippen molar-refractivity contribution in [3.63, 3.8) is 0 Å². The van der Waals surface area contributed by atoms with Gasteiger partial charge in [-0.05, 0) is 45.7 Å². The number of rotatable bonds is 5. The maximum absolute atomic E-state index is 13.3. The highest BCUT2D eigenvalue weighted by atomic mass is 16.5. The van der Waals surface area contributed by atoms with Gasteiger partial charge in [-0.2, -0.15) is 10.1 Å². The topological polar surface area (TPSA) is 147 Å². The van der Waals surface area contributed by atoms with E-state index in [0.717, 1.165) is 24.3 Å². The largest absolute Gasteiger partial charge is 0.388 e. The van der Waals surface area contributed by atoms with Gasteiger partial charge in [0.1, 0.15) is 11.9 Å². The third kappa shape index (κ3) is 4.38. The highest BCUT2D eigenvalue weighted by molar-refractivity contribution is 6.00. The molecule has 2 aromatic rings.